The van der Waals surface area contributed by atoms with Gasteiger partial charge in [0.1, 0.15) is 17.7 Å². The Morgan fingerprint density at radius 3 is 3.00 bits per heavy atom. The monoisotopic (exact) mass is 299 g/mol. The van der Waals surface area contributed by atoms with Gasteiger partial charge in [0.05, 0.1) is 19.1 Å². The van der Waals surface area contributed by atoms with E-state index >= 15 is 0 Å². The average Bonchev–Trinajstić information content (AvgIpc) is 3.19. The van der Waals surface area contributed by atoms with Crippen molar-refractivity contribution in [3.8, 4) is 0 Å². The van der Waals surface area contributed by atoms with Crippen LogP contribution in [-0.2, 0) is 21.7 Å². The number of H-pyrrole nitrogens is 1. The molecule has 6 heteroatoms. The molecule has 4 rings (SSSR count). The van der Waals surface area contributed by atoms with Crippen molar-refractivity contribution in [2.24, 2.45) is 0 Å². The quantitative estimate of drug-likeness (QED) is 0.805. The van der Waals surface area contributed by atoms with Crippen LogP contribution in [0.1, 0.15) is 24.1 Å². The Labute approximate surface area is 127 Å². The SMILES string of the molecule is Cc1ccc2oc(C3(Cc4ncn[nH]4)OCC(C)O3)cc2c1. The van der Waals surface area contributed by atoms with Crippen LogP contribution in [0.4, 0.5) is 0 Å². The predicted molar refractivity (Wildman–Crippen MR) is 79.2 cm³/mol. The molecule has 1 saturated heterocycles. The second-order valence-electron chi connectivity index (χ2n) is 5.75. The number of nitrogens with one attached hydrogen (secondary N) is 1. The first kappa shape index (κ1) is 13.5. The van der Waals surface area contributed by atoms with Gasteiger partial charge in [0, 0.05) is 5.39 Å². The van der Waals surface area contributed by atoms with Crippen LogP contribution in [0.3, 0.4) is 0 Å². The molecular weight excluding hydrogens is 282 g/mol. The fourth-order valence-electron chi connectivity index (χ4n) is 2.84. The summed E-state index contributed by atoms with van der Waals surface area (Å²) < 4.78 is 18.0. The molecule has 22 heavy (non-hydrogen) atoms. The number of rotatable bonds is 3. The van der Waals surface area contributed by atoms with Crippen molar-refractivity contribution in [3.63, 3.8) is 0 Å². The average molecular weight is 299 g/mol. The highest BCUT2D eigenvalue weighted by Gasteiger charge is 2.45. The van der Waals surface area contributed by atoms with E-state index in [0.717, 1.165) is 11.0 Å². The van der Waals surface area contributed by atoms with Crippen LogP contribution < -0.4 is 0 Å². The lowest BCUT2D eigenvalue weighted by atomic mass is 10.1. The molecule has 114 valence electrons. The molecule has 2 atom stereocenters. The number of aromatic amines is 1. The number of hydrogen-bond acceptors (Lipinski definition) is 5. The lowest BCUT2D eigenvalue weighted by Crippen LogP contribution is -2.30. The molecule has 0 amide bonds. The minimum absolute atomic E-state index is 0.00197. The molecule has 0 saturated carbocycles. The molecule has 3 aromatic rings. The molecule has 0 spiro atoms. The molecule has 1 fully saturated rings. The fourth-order valence-corrected chi connectivity index (χ4v) is 2.84. The molecule has 1 aliphatic heterocycles. The number of aryl methyl sites for hydroxylation is 1. The lowest BCUT2D eigenvalue weighted by molar-refractivity contribution is -0.186. The third-order valence-electron chi connectivity index (χ3n) is 3.86. The second kappa shape index (κ2) is 4.93. The largest absolute Gasteiger partial charge is 0.455 e. The Kier molecular flexibility index (Phi) is 3.02. The first-order chi connectivity index (χ1) is 10.6. The summed E-state index contributed by atoms with van der Waals surface area (Å²) in [5, 5.41) is 7.78. The molecule has 2 aromatic heterocycles. The summed E-state index contributed by atoms with van der Waals surface area (Å²) in [6.45, 7) is 4.56. The molecule has 2 unspecified atom stereocenters. The molecule has 0 aliphatic carbocycles. The molecule has 1 N–H and O–H groups in total. The highest BCUT2D eigenvalue weighted by Crippen LogP contribution is 2.39. The molecule has 0 radical (unpaired) electrons. The number of nitrogens with zero attached hydrogens (tertiary/aromatic N) is 2. The third kappa shape index (κ3) is 2.20. The zero-order valence-electron chi connectivity index (χ0n) is 12.5. The van der Waals surface area contributed by atoms with Gasteiger partial charge in [-0.25, -0.2) is 4.98 Å². The van der Waals surface area contributed by atoms with Crippen LogP contribution in [0.25, 0.3) is 11.0 Å². The second-order valence-corrected chi connectivity index (χ2v) is 5.75. The van der Waals surface area contributed by atoms with Gasteiger partial charge in [-0.3, -0.25) is 5.10 Å². The van der Waals surface area contributed by atoms with Gasteiger partial charge >= 0.3 is 0 Å². The summed E-state index contributed by atoms with van der Waals surface area (Å²) in [4.78, 5) is 4.18. The van der Waals surface area contributed by atoms with E-state index in [9.17, 15) is 0 Å². The zero-order chi connectivity index (χ0) is 15.2. The number of hydrogen-bond donors (Lipinski definition) is 1. The predicted octanol–water partition coefficient (Wildman–Crippen LogP) is 2.69. The summed E-state index contributed by atoms with van der Waals surface area (Å²) >= 11 is 0. The summed E-state index contributed by atoms with van der Waals surface area (Å²) in [6.07, 6.45) is 1.90. The highest BCUT2D eigenvalue weighted by atomic mass is 16.8. The van der Waals surface area contributed by atoms with Gasteiger partial charge in [-0.15, -0.1) is 0 Å². The van der Waals surface area contributed by atoms with Gasteiger partial charge in [0.2, 0.25) is 5.79 Å². The van der Waals surface area contributed by atoms with Crippen molar-refractivity contribution in [2.45, 2.75) is 32.2 Å². The van der Waals surface area contributed by atoms with Gasteiger partial charge in [0.15, 0.2) is 5.76 Å². The van der Waals surface area contributed by atoms with Gasteiger partial charge < -0.3 is 13.9 Å². The van der Waals surface area contributed by atoms with Gasteiger partial charge in [-0.1, -0.05) is 11.6 Å². The number of benzene rings is 1. The Hall–Kier alpha value is -2.18. The Morgan fingerprint density at radius 1 is 1.36 bits per heavy atom. The standard InChI is InChI=1S/C16H17N3O3/c1-10-3-4-13-12(5-10)6-14(21-13)16(20-8-11(2)22-16)7-15-17-9-18-19-15/h3-6,9,11H,7-8H2,1-2H3,(H,17,18,19). The van der Waals surface area contributed by atoms with E-state index in [2.05, 4.69) is 28.2 Å². The molecule has 1 aromatic carbocycles. The van der Waals surface area contributed by atoms with Crippen LogP contribution in [0, 0.1) is 6.92 Å². The summed E-state index contributed by atoms with van der Waals surface area (Å²) in [7, 11) is 0. The Morgan fingerprint density at radius 2 is 2.27 bits per heavy atom. The summed E-state index contributed by atoms with van der Waals surface area (Å²) in [5.41, 5.74) is 2.01. The lowest BCUT2D eigenvalue weighted by Gasteiger charge is -2.24. The van der Waals surface area contributed by atoms with Crippen molar-refractivity contribution in [1.82, 2.24) is 15.2 Å². The minimum Gasteiger partial charge on any atom is -0.455 e. The van der Waals surface area contributed by atoms with E-state index in [1.807, 2.05) is 25.1 Å². The topological polar surface area (TPSA) is 73.2 Å². The van der Waals surface area contributed by atoms with Crippen molar-refractivity contribution in [2.75, 3.05) is 6.61 Å². The molecule has 0 bridgehead atoms. The van der Waals surface area contributed by atoms with Crippen LogP contribution in [0.15, 0.2) is 35.0 Å². The van der Waals surface area contributed by atoms with Crippen LogP contribution in [0.2, 0.25) is 0 Å². The first-order valence-corrected chi connectivity index (χ1v) is 7.31. The maximum absolute atomic E-state index is 6.06. The number of aromatic nitrogens is 3. The maximum atomic E-state index is 6.06. The maximum Gasteiger partial charge on any atom is 0.236 e. The Bertz CT molecular complexity index is 796. The molecular formula is C16H17N3O3. The number of ether oxygens (including phenoxy) is 2. The van der Waals surface area contributed by atoms with Crippen LogP contribution in [0.5, 0.6) is 0 Å². The molecule has 1 aliphatic rings. The van der Waals surface area contributed by atoms with E-state index in [4.69, 9.17) is 13.9 Å². The zero-order valence-corrected chi connectivity index (χ0v) is 12.5. The normalized spacial score (nSPS) is 25.1. The summed E-state index contributed by atoms with van der Waals surface area (Å²) in [6, 6.07) is 8.06. The van der Waals surface area contributed by atoms with E-state index in [1.54, 1.807) is 0 Å². The number of fused-ring (bicyclic) bond motifs is 1. The minimum atomic E-state index is -0.953. The van der Waals surface area contributed by atoms with Gasteiger partial charge in [-0.2, -0.15) is 5.10 Å². The first-order valence-electron chi connectivity index (χ1n) is 7.31. The Balaban J connectivity index is 1.78. The summed E-state index contributed by atoms with van der Waals surface area (Å²) in [5.74, 6) is 0.408. The van der Waals surface area contributed by atoms with Crippen molar-refractivity contribution in [3.05, 3.63) is 47.7 Å². The van der Waals surface area contributed by atoms with E-state index < -0.39 is 5.79 Å². The highest BCUT2D eigenvalue weighted by molar-refractivity contribution is 5.78. The number of furan rings is 1. The van der Waals surface area contributed by atoms with E-state index in [-0.39, 0.29) is 6.10 Å². The van der Waals surface area contributed by atoms with E-state index in [1.165, 1.54) is 11.9 Å². The fraction of sp³-hybridized carbons (Fsp3) is 0.375. The van der Waals surface area contributed by atoms with Crippen LogP contribution >= 0.6 is 0 Å². The van der Waals surface area contributed by atoms with Crippen molar-refractivity contribution < 1.29 is 13.9 Å². The molecule has 6 nitrogen and oxygen atoms in total. The van der Waals surface area contributed by atoms with Crippen molar-refractivity contribution in [1.29, 1.82) is 0 Å². The third-order valence-corrected chi connectivity index (χ3v) is 3.86. The smallest absolute Gasteiger partial charge is 0.236 e. The van der Waals surface area contributed by atoms with Crippen LogP contribution in [-0.4, -0.2) is 27.9 Å². The molecule has 3 heterocycles. The van der Waals surface area contributed by atoms with Gasteiger partial charge in [0.25, 0.3) is 0 Å². The van der Waals surface area contributed by atoms with Crippen molar-refractivity contribution >= 4 is 11.0 Å². The van der Waals surface area contributed by atoms with E-state index in [0.29, 0.717) is 24.6 Å². The van der Waals surface area contributed by atoms with Gasteiger partial charge in [-0.05, 0) is 32.0 Å².